The van der Waals surface area contributed by atoms with Gasteiger partial charge in [-0.15, -0.1) is 0 Å². The quantitative estimate of drug-likeness (QED) is 0.720. The fraction of sp³-hybridized carbons (Fsp3) is 0.200. The second-order valence-corrected chi connectivity index (χ2v) is 3.67. The van der Waals surface area contributed by atoms with E-state index in [1.54, 1.807) is 11.6 Å². The van der Waals surface area contributed by atoms with Crippen LogP contribution in [0.15, 0.2) is 12.4 Å². The number of aryl methyl sites for hydroxylation is 1. The molecule has 1 aromatic carbocycles. The van der Waals surface area contributed by atoms with Crippen LogP contribution < -0.4 is 0 Å². The molecular formula is C10H8ClFN2O2. The number of rotatable bonds is 1. The summed E-state index contributed by atoms with van der Waals surface area (Å²) in [6, 6.07) is 1.37. The number of fused-ring (bicyclic) bond motifs is 1. The van der Waals surface area contributed by atoms with Crippen LogP contribution in [0, 0.1) is 5.82 Å². The van der Waals surface area contributed by atoms with Gasteiger partial charge < -0.3 is 9.30 Å². The van der Waals surface area contributed by atoms with Gasteiger partial charge in [0.2, 0.25) is 0 Å². The molecule has 0 saturated heterocycles. The van der Waals surface area contributed by atoms with E-state index in [1.165, 1.54) is 19.5 Å². The van der Waals surface area contributed by atoms with Crippen LogP contribution in [0.3, 0.4) is 0 Å². The lowest BCUT2D eigenvalue weighted by Gasteiger charge is -2.06. The largest absolute Gasteiger partial charge is 0.465 e. The van der Waals surface area contributed by atoms with Crippen LogP contribution in [-0.4, -0.2) is 22.6 Å². The number of halogens is 2. The first-order valence-corrected chi connectivity index (χ1v) is 4.81. The van der Waals surface area contributed by atoms with Crippen molar-refractivity contribution in [2.75, 3.05) is 7.11 Å². The molecule has 0 N–H and O–H groups in total. The maximum Gasteiger partial charge on any atom is 0.343 e. The topological polar surface area (TPSA) is 44.1 Å². The zero-order valence-corrected chi connectivity index (χ0v) is 9.38. The van der Waals surface area contributed by atoms with E-state index in [0.717, 1.165) is 0 Å². The van der Waals surface area contributed by atoms with E-state index in [0.29, 0.717) is 11.0 Å². The van der Waals surface area contributed by atoms with Crippen molar-refractivity contribution in [2.24, 2.45) is 7.05 Å². The molecule has 2 aromatic rings. The van der Waals surface area contributed by atoms with Crippen LogP contribution in [0.1, 0.15) is 10.4 Å². The van der Waals surface area contributed by atoms with Crippen molar-refractivity contribution in [3.05, 3.63) is 28.8 Å². The molecule has 6 heteroatoms. The molecule has 0 amide bonds. The number of nitrogens with zero attached hydrogens (tertiary/aromatic N) is 2. The maximum absolute atomic E-state index is 13.8. The molecule has 2 rings (SSSR count). The molecule has 1 aromatic heterocycles. The van der Waals surface area contributed by atoms with Crippen LogP contribution in [0.4, 0.5) is 4.39 Å². The van der Waals surface area contributed by atoms with Gasteiger partial charge in [0.1, 0.15) is 5.56 Å². The third-order valence-corrected chi connectivity index (χ3v) is 2.56. The number of ether oxygens (including phenoxy) is 1. The van der Waals surface area contributed by atoms with E-state index in [1.807, 2.05) is 0 Å². The first kappa shape index (κ1) is 10.9. The first-order valence-electron chi connectivity index (χ1n) is 4.43. The second kappa shape index (κ2) is 3.75. The second-order valence-electron chi connectivity index (χ2n) is 3.26. The van der Waals surface area contributed by atoms with Gasteiger partial charge in [-0.1, -0.05) is 11.6 Å². The summed E-state index contributed by atoms with van der Waals surface area (Å²) in [5, 5.41) is -0.147. The molecule has 0 saturated carbocycles. The number of carbonyl (C=O) groups excluding carboxylic acids is 1. The van der Waals surface area contributed by atoms with Gasteiger partial charge in [0.25, 0.3) is 0 Å². The van der Waals surface area contributed by atoms with Gasteiger partial charge >= 0.3 is 5.97 Å². The number of methoxy groups -OCH3 is 1. The molecule has 0 aliphatic heterocycles. The molecule has 0 atom stereocenters. The highest BCUT2D eigenvalue weighted by atomic mass is 35.5. The highest BCUT2D eigenvalue weighted by molar-refractivity contribution is 6.32. The van der Waals surface area contributed by atoms with Crippen LogP contribution in [-0.2, 0) is 11.8 Å². The number of esters is 1. The van der Waals surface area contributed by atoms with Crippen LogP contribution in [0.5, 0.6) is 0 Å². The first-order chi connectivity index (χ1) is 7.56. The third kappa shape index (κ3) is 1.44. The lowest BCUT2D eigenvalue weighted by Crippen LogP contribution is -2.07. The average molecular weight is 243 g/mol. The van der Waals surface area contributed by atoms with E-state index in [9.17, 15) is 9.18 Å². The molecule has 84 valence electrons. The zero-order chi connectivity index (χ0) is 11.9. The third-order valence-electron chi connectivity index (χ3n) is 2.28. The Morgan fingerprint density at radius 3 is 2.94 bits per heavy atom. The Morgan fingerprint density at radius 1 is 1.62 bits per heavy atom. The summed E-state index contributed by atoms with van der Waals surface area (Å²) in [6.45, 7) is 0. The van der Waals surface area contributed by atoms with Gasteiger partial charge in [0.05, 0.1) is 29.5 Å². The predicted octanol–water partition coefficient (Wildman–Crippen LogP) is 2.15. The van der Waals surface area contributed by atoms with E-state index < -0.39 is 11.8 Å². The van der Waals surface area contributed by atoms with E-state index in [2.05, 4.69) is 9.72 Å². The fourth-order valence-corrected chi connectivity index (χ4v) is 1.75. The van der Waals surface area contributed by atoms with Gasteiger partial charge in [-0.05, 0) is 6.07 Å². The summed E-state index contributed by atoms with van der Waals surface area (Å²) in [7, 11) is 2.85. The van der Waals surface area contributed by atoms with Crippen LogP contribution in [0.2, 0.25) is 5.02 Å². The minimum Gasteiger partial charge on any atom is -0.465 e. The summed E-state index contributed by atoms with van der Waals surface area (Å²) in [5.41, 5.74) is 0.632. The molecular weight excluding hydrogens is 235 g/mol. The molecule has 0 aliphatic rings. The normalized spacial score (nSPS) is 10.8. The minimum absolute atomic E-state index is 0.147. The van der Waals surface area contributed by atoms with E-state index in [-0.39, 0.29) is 10.6 Å². The Kier molecular flexibility index (Phi) is 2.55. The summed E-state index contributed by atoms with van der Waals surface area (Å²) >= 11 is 5.67. The van der Waals surface area contributed by atoms with Crippen LogP contribution in [0.25, 0.3) is 11.0 Å². The monoisotopic (exact) mass is 242 g/mol. The summed E-state index contributed by atoms with van der Waals surface area (Å²) < 4.78 is 19.8. The Morgan fingerprint density at radius 2 is 2.31 bits per heavy atom. The SMILES string of the molecule is COC(=O)c1c(F)c(Cl)cc2ncn(C)c12. The fourth-order valence-electron chi connectivity index (χ4n) is 1.55. The number of hydrogen-bond acceptors (Lipinski definition) is 3. The molecule has 0 spiro atoms. The molecule has 0 aliphatic carbocycles. The summed E-state index contributed by atoms with van der Waals surface area (Å²) in [4.78, 5) is 15.5. The Hall–Kier alpha value is -1.62. The maximum atomic E-state index is 13.8. The Bertz CT molecular complexity index is 580. The van der Waals surface area contributed by atoms with Crippen molar-refractivity contribution in [3.8, 4) is 0 Å². The average Bonchev–Trinajstić information content (AvgIpc) is 2.61. The molecule has 1 heterocycles. The number of benzene rings is 1. The molecule has 16 heavy (non-hydrogen) atoms. The van der Waals surface area contributed by atoms with Crippen molar-refractivity contribution in [2.45, 2.75) is 0 Å². The minimum atomic E-state index is -0.787. The van der Waals surface area contributed by atoms with Crippen molar-refractivity contribution in [1.29, 1.82) is 0 Å². The molecule has 4 nitrogen and oxygen atoms in total. The summed E-state index contributed by atoms with van der Waals surface area (Å²) in [6.07, 6.45) is 1.48. The zero-order valence-electron chi connectivity index (χ0n) is 8.62. The highest BCUT2D eigenvalue weighted by Crippen LogP contribution is 2.27. The summed E-state index contributed by atoms with van der Waals surface area (Å²) in [5.74, 6) is -1.56. The number of imidazole rings is 1. The smallest absolute Gasteiger partial charge is 0.343 e. The Balaban J connectivity index is 2.90. The standard InChI is InChI=1S/C10H8ClFN2O2/c1-14-4-13-6-3-5(11)8(12)7(9(6)14)10(15)16-2/h3-4H,1-2H3. The number of carbonyl (C=O) groups is 1. The molecule has 0 bridgehead atoms. The van der Waals surface area contributed by atoms with Crippen molar-refractivity contribution in [3.63, 3.8) is 0 Å². The van der Waals surface area contributed by atoms with Gasteiger partial charge in [-0.2, -0.15) is 0 Å². The lowest BCUT2D eigenvalue weighted by molar-refractivity contribution is 0.0597. The number of hydrogen-bond donors (Lipinski definition) is 0. The van der Waals surface area contributed by atoms with Gasteiger partial charge in [-0.3, -0.25) is 0 Å². The predicted molar refractivity (Wildman–Crippen MR) is 57.0 cm³/mol. The number of aromatic nitrogens is 2. The molecule has 0 fully saturated rings. The van der Waals surface area contributed by atoms with Gasteiger partial charge in [0, 0.05) is 7.05 Å². The lowest BCUT2D eigenvalue weighted by atomic mass is 10.1. The van der Waals surface area contributed by atoms with Crippen molar-refractivity contribution >= 4 is 28.6 Å². The van der Waals surface area contributed by atoms with E-state index >= 15 is 0 Å². The van der Waals surface area contributed by atoms with E-state index in [4.69, 9.17) is 11.6 Å². The highest BCUT2D eigenvalue weighted by Gasteiger charge is 2.22. The Labute approximate surface area is 95.6 Å². The van der Waals surface area contributed by atoms with Crippen molar-refractivity contribution in [1.82, 2.24) is 9.55 Å². The van der Waals surface area contributed by atoms with Crippen molar-refractivity contribution < 1.29 is 13.9 Å². The molecule has 0 radical (unpaired) electrons. The van der Waals surface area contributed by atoms with Gasteiger partial charge in [0.15, 0.2) is 5.82 Å². The molecule has 0 unspecified atom stereocenters. The van der Waals surface area contributed by atoms with Gasteiger partial charge in [-0.25, -0.2) is 14.2 Å². The van der Waals surface area contributed by atoms with Crippen LogP contribution >= 0.6 is 11.6 Å².